The SMILES string of the molecule is CCCc1c(/C=N/NC(=O)c2ccc(Cl)cc2)ccc2c1N(C)CCC2. The van der Waals surface area contributed by atoms with Gasteiger partial charge in [0, 0.05) is 29.9 Å². The van der Waals surface area contributed by atoms with E-state index in [2.05, 4.69) is 41.5 Å². The van der Waals surface area contributed by atoms with Crippen LogP contribution in [0.15, 0.2) is 41.5 Å². The number of fused-ring (bicyclic) bond motifs is 1. The van der Waals surface area contributed by atoms with Crippen molar-refractivity contribution in [3.63, 3.8) is 0 Å². The van der Waals surface area contributed by atoms with Crippen LogP contribution in [0.1, 0.15) is 46.8 Å². The first-order valence-electron chi connectivity index (χ1n) is 9.05. The number of halogens is 1. The maximum absolute atomic E-state index is 12.2. The molecule has 136 valence electrons. The molecule has 2 aromatic rings. The third-order valence-electron chi connectivity index (χ3n) is 4.70. The first kappa shape index (κ1) is 18.5. The lowest BCUT2D eigenvalue weighted by molar-refractivity contribution is 0.0955. The molecule has 1 aliphatic rings. The molecule has 26 heavy (non-hydrogen) atoms. The maximum Gasteiger partial charge on any atom is 0.271 e. The molecule has 1 heterocycles. The predicted molar refractivity (Wildman–Crippen MR) is 109 cm³/mol. The summed E-state index contributed by atoms with van der Waals surface area (Å²) in [6.45, 7) is 3.27. The highest BCUT2D eigenvalue weighted by Gasteiger charge is 2.19. The number of nitrogens with one attached hydrogen (secondary N) is 1. The van der Waals surface area contributed by atoms with Gasteiger partial charge in [0.25, 0.3) is 5.91 Å². The van der Waals surface area contributed by atoms with E-state index in [4.69, 9.17) is 11.6 Å². The molecular weight excluding hydrogens is 346 g/mol. The van der Waals surface area contributed by atoms with Crippen molar-refractivity contribution in [3.8, 4) is 0 Å². The zero-order valence-corrected chi connectivity index (χ0v) is 16.0. The lowest BCUT2D eigenvalue weighted by Gasteiger charge is -2.31. The Hall–Kier alpha value is -2.33. The number of rotatable bonds is 5. The summed E-state index contributed by atoms with van der Waals surface area (Å²) in [6, 6.07) is 11.1. The summed E-state index contributed by atoms with van der Waals surface area (Å²) in [5.41, 5.74) is 8.26. The van der Waals surface area contributed by atoms with Crippen LogP contribution in [-0.2, 0) is 12.8 Å². The zero-order chi connectivity index (χ0) is 18.5. The second-order valence-corrected chi connectivity index (χ2v) is 7.06. The third-order valence-corrected chi connectivity index (χ3v) is 4.95. The van der Waals surface area contributed by atoms with Gasteiger partial charge < -0.3 is 4.90 Å². The zero-order valence-electron chi connectivity index (χ0n) is 15.3. The van der Waals surface area contributed by atoms with Crippen LogP contribution in [0, 0.1) is 0 Å². The van der Waals surface area contributed by atoms with Crippen LogP contribution in [0.3, 0.4) is 0 Å². The van der Waals surface area contributed by atoms with Crippen molar-refractivity contribution in [3.05, 3.63) is 63.7 Å². The van der Waals surface area contributed by atoms with Crippen molar-refractivity contribution in [2.24, 2.45) is 5.10 Å². The third kappa shape index (κ3) is 4.07. The van der Waals surface area contributed by atoms with Gasteiger partial charge in [-0.25, -0.2) is 5.43 Å². The van der Waals surface area contributed by atoms with Gasteiger partial charge in [-0.3, -0.25) is 4.79 Å². The Morgan fingerprint density at radius 1 is 1.27 bits per heavy atom. The number of hydrogen-bond donors (Lipinski definition) is 1. The fourth-order valence-electron chi connectivity index (χ4n) is 3.46. The smallest absolute Gasteiger partial charge is 0.271 e. The molecule has 0 aromatic heterocycles. The van der Waals surface area contributed by atoms with Gasteiger partial charge in [0.05, 0.1) is 6.21 Å². The van der Waals surface area contributed by atoms with E-state index in [0.29, 0.717) is 10.6 Å². The van der Waals surface area contributed by atoms with E-state index in [0.717, 1.165) is 31.4 Å². The Balaban J connectivity index is 1.80. The molecule has 1 aliphatic heterocycles. The van der Waals surface area contributed by atoms with Crippen molar-refractivity contribution >= 4 is 29.4 Å². The number of anilines is 1. The van der Waals surface area contributed by atoms with Crippen LogP contribution >= 0.6 is 11.6 Å². The van der Waals surface area contributed by atoms with Crippen LogP contribution < -0.4 is 10.3 Å². The van der Waals surface area contributed by atoms with Gasteiger partial charge in [0.1, 0.15) is 0 Å². The van der Waals surface area contributed by atoms with E-state index in [1.54, 1.807) is 30.5 Å². The summed E-state index contributed by atoms with van der Waals surface area (Å²) in [5.74, 6) is -0.245. The molecule has 5 heteroatoms. The summed E-state index contributed by atoms with van der Waals surface area (Å²) in [7, 11) is 2.15. The van der Waals surface area contributed by atoms with Gasteiger partial charge >= 0.3 is 0 Å². The minimum Gasteiger partial charge on any atom is -0.374 e. The average Bonchev–Trinajstić information content (AvgIpc) is 2.64. The minimum absolute atomic E-state index is 0.245. The number of hydrazone groups is 1. The molecule has 0 atom stereocenters. The standard InChI is InChI=1S/C21H24ClN3O/c1-3-5-19-17(8-7-15-6-4-13-25(2)20(15)19)14-23-24-21(26)16-9-11-18(22)12-10-16/h7-12,14H,3-6,13H2,1-2H3,(H,24,26)/b23-14+. The number of benzene rings is 2. The first-order valence-corrected chi connectivity index (χ1v) is 9.42. The maximum atomic E-state index is 12.2. The molecular formula is C21H24ClN3O. The van der Waals surface area contributed by atoms with Gasteiger partial charge in [0.2, 0.25) is 0 Å². The van der Waals surface area contributed by atoms with E-state index < -0.39 is 0 Å². The van der Waals surface area contributed by atoms with Crippen molar-refractivity contribution in [1.29, 1.82) is 0 Å². The number of hydrogen-bond acceptors (Lipinski definition) is 3. The van der Waals surface area contributed by atoms with Crippen LogP contribution in [0.25, 0.3) is 0 Å². The highest BCUT2D eigenvalue weighted by Crippen LogP contribution is 2.32. The molecule has 0 unspecified atom stereocenters. The lowest BCUT2D eigenvalue weighted by Crippen LogP contribution is -2.26. The second kappa shape index (κ2) is 8.37. The van der Waals surface area contributed by atoms with Gasteiger partial charge in [-0.2, -0.15) is 5.10 Å². The van der Waals surface area contributed by atoms with Crippen molar-refractivity contribution in [2.75, 3.05) is 18.5 Å². The molecule has 1 amide bonds. The summed E-state index contributed by atoms with van der Waals surface area (Å²) < 4.78 is 0. The Morgan fingerprint density at radius 3 is 2.77 bits per heavy atom. The van der Waals surface area contributed by atoms with E-state index in [9.17, 15) is 4.79 Å². The topological polar surface area (TPSA) is 44.7 Å². The number of nitrogens with zero attached hydrogens (tertiary/aromatic N) is 2. The fourth-order valence-corrected chi connectivity index (χ4v) is 3.58. The predicted octanol–water partition coefficient (Wildman–Crippen LogP) is 4.44. The van der Waals surface area contributed by atoms with Gasteiger partial charge in [-0.15, -0.1) is 0 Å². The van der Waals surface area contributed by atoms with Gasteiger partial charge in [-0.1, -0.05) is 37.1 Å². The molecule has 4 nitrogen and oxygen atoms in total. The quantitative estimate of drug-likeness (QED) is 0.625. The molecule has 0 radical (unpaired) electrons. The molecule has 0 bridgehead atoms. The van der Waals surface area contributed by atoms with Gasteiger partial charge in [0.15, 0.2) is 0 Å². The van der Waals surface area contributed by atoms with E-state index in [1.807, 2.05) is 0 Å². The van der Waals surface area contributed by atoms with Gasteiger partial charge in [-0.05, 0) is 60.2 Å². The number of aryl methyl sites for hydroxylation is 1. The molecule has 2 aromatic carbocycles. The Bertz CT molecular complexity index is 815. The molecule has 0 saturated carbocycles. The highest BCUT2D eigenvalue weighted by molar-refractivity contribution is 6.30. The highest BCUT2D eigenvalue weighted by atomic mass is 35.5. The Labute approximate surface area is 159 Å². The number of carbonyl (C=O) groups excluding carboxylic acids is 1. The normalized spacial score (nSPS) is 13.7. The molecule has 1 N–H and O–H groups in total. The van der Waals surface area contributed by atoms with Crippen molar-refractivity contribution in [1.82, 2.24) is 5.43 Å². The van der Waals surface area contributed by atoms with E-state index in [-0.39, 0.29) is 5.91 Å². The average molecular weight is 370 g/mol. The molecule has 0 fully saturated rings. The monoisotopic (exact) mass is 369 g/mol. The number of carbonyl (C=O) groups is 1. The lowest BCUT2D eigenvalue weighted by atomic mass is 9.92. The van der Waals surface area contributed by atoms with Crippen LogP contribution in [0.5, 0.6) is 0 Å². The van der Waals surface area contributed by atoms with Crippen LogP contribution in [0.2, 0.25) is 5.02 Å². The minimum atomic E-state index is -0.245. The van der Waals surface area contributed by atoms with E-state index >= 15 is 0 Å². The largest absolute Gasteiger partial charge is 0.374 e. The van der Waals surface area contributed by atoms with Crippen molar-refractivity contribution < 1.29 is 4.79 Å². The van der Waals surface area contributed by atoms with Crippen molar-refractivity contribution in [2.45, 2.75) is 32.6 Å². The van der Waals surface area contributed by atoms with E-state index in [1.165, 1.54) is 23.2 Å². The summed E-state index contributed by atoms with van der Waals surface area (Å²) in [4.78, 5) is 14.5. The summed E-state index contributed by atoms with van der Waals surface area (Å²) in [5, 5.41) is 4.79. The Morgan fingerprint density at radius 2 is 2.04 bits per heavy atom. The second-order valence-electron chi connectivity index (χ2n) is 6.62. The summed E-state index contributed by atoms with van der Waals surface area (Å²) in [6.07, 6.45) is 6.14. The number of amides is 1. The molecule has 0 aliphatic carbocycles. The first-order chi connectivity index (χ1) is 12.6. The molecule has 0 saturated heterocycles. The Kier molecular flexibility index (Phi) is 5.94. The molecule has 0 spiro atoms. The van der Waals surface area contributed by atoms with Crippen LogP contribution in [0.4, 0.5) is 5.69 Å². The fraction of sp³-hybridized carbons (Fsp3) is 0.333. The summed E-state index contributed by atoms with van der Waals surface area (Å²) >= 11 is 5.85. The van der Waals surface area contributed by atoms with Crippen LogP contribution in [-0.4, -0.2) is 25.7 Å². The molecule has 3 rings (SSSR count).